The molecule has 0 aliphatic heterocycles. The van der Waals surface area contributed by atoms with Crippen molar-refractivity contribution in [2.24, 2.45) is 5.92 Å². The number of amides is 1. The van der Waals surface area contributed by atoms with Crippen molar-refractivity contribution in [1.82, 2.24) is 10.3 Å². The van der Waals surface area contributed by atoms with E-state index in [1.165, 1.54) is 11.3 Å². The first-order chi connectivity index (χ1) is 6.09. The number of hydrogen-bond acceptors (Lipinski definition) is 3. The second kappa shape index (κ2) is 4.37. The fraction of sp³-hybridized carbons (Fsp3) is 0.556. The molecule has 72 valence electrons. The summed E-state index contributed by atoms with van der Waals surface area (Å²) in [5.74, 6) is 0.414. The highest BCUT2D eigenvalue weighted by Gasteiger charge is 2.08. The van der Waals surface area contributed by atoms with Crippen molar-refractivity contribution in [2.75, 3.05) is 6.54 Å². The molecule has 1 heterocycles. The van der Waals surface area contributed by atoms with Crippen LogP contribution in [0.3, 0.4) is 0 Å². The van der Waals surface area contributed by atoms with Gasteiger partial charge in [-0.15, -0.1) is 11.3 Å². The Hall–Kier alpha value is -0.900. The SMILES string of the molecule is Cc1csc(C(=O)NCC(C)C)n1. The molecule has 0 aliphatic rings. The number of hydrogen-bond donors (Lipinski definition) is 1. The second-order valence-electron chi connectivity index (χ2n) is 3.40. The number of carbonyl (C=O) groups excluding carboxylic acids is 1. The lowest BCUT2D eigenvalue weighted by Gasteiger charge is -2.04. The van der Waals surface area contributed by atoms with Gasteiger partial charge in [0.25, 0.3) is 5.91 Å². The van der Waals surface area contributed by atoms with E-state index in [9.17, 15) is 4.79 Å². The first-order valence-corrected chi connectivity index (χ1v) is 5.18. The van der Waals surface area contributed by atoms with Gasteiger partial charge in [-0.3, -0.25) is 4.79 Å². The Labute approximate surface area is 82.2 Å². The molecule has 3 nitrogen and oxygen atoms in total. The lowest BCUT2D eigenvalue weighted by atomic mass is 10.2. The van der Waals surface area contributed by atoms with Crippen LogP contribution in [0, 0.1) is 12.8 Å². The van der Waals surface area contributed by atoms with E-state index < -0.39 is 0 Å². The van der Waals surface area contributed by atoms with Crippen LogP contribution in [0.2, 0.25) is 0 Å². The second-order valence-corrected chi connectivity index (χ2v) is 4.26. The molecule has 1 rings (SSSR count). The zero-order valence-corrected chi connectivity index (χ0v) is 8.94. The molecular weight excluding hydrogens is 184 g/mol. The average Bonchev–Trinajstić information content (AvgIpc) is 2.47. The van der Waals surface area contributed by atoms with Crippen molar-refractivity contribution in [3.05, 3.63) is 16.1 Å². The van der Waals surface area contributed by atoms with Crippen LogP contribution in [-0.4, -0.2) is 17.4 Å². The summed E-state index contributed by atoms with van der Waals surface area (Å²) < 4.78 is 0. The number of aromatic nitrogens is 1. The molecule has 0 saturated heterocycles. The van der Waals surface area contributed by atoms with Crippen molar-refractivity contribution < 1.29 is 4.79 Å². The minimum absolute atomic E-state index is 0.0631. The summed E-state index contributed by atoms with van der Waals surface area (Å²) in [6.07, 6.45) is 0. The molecule has 0 spiro atoms. The lowest BCUT2D eigenvalue weighted by Crippen LogP contribution is -2.27. The number of nitrogens with zero attached hydrogens (tertiary/aromatic N) is 1. The number of thiazole rings is 1. The normalized spacial score (nSPS) is 10.5. The highest BCUT2D eigenvalue weighted by Crippen LogP contribution is 2.08. The van der Waals surface area contributed by atoms with Gasteiger partial charge in [-0.05, 0) is 12.8 Å². The topological polar surface area (TPSA) is 42.0 Å². The van der Waals surface area contributed by atoms with Gasteiger partial charge in [-0.2, -0.15) is 0 Å². The lowest BCUT2D eigenvalue weighted by molar-refractivity contribution is 0.0948. The van der Waals surface area contributed by atoms with E-state index in [1.807, 2.05) is 12.3 Å². The first-order valence-electron chi connectivity index (χ1n) is 4.30. The molecule has 13 heavy (non-hydrogen) atoms. The molecule has 0 saturated carbocycles. The van der Waals surface area contributed by atoms with Crippen LogP contribution < -0.4 is 5.32 Å². The number of nitrogens with one attached hydrogen (secondary N) is 1. The molecule has 0 fully saturated rings. The molecule has 1 aromatic rings. The number of aryl methyl sites for hydroxylation is 1. The molecule has 1 N–H and O–H groups in total. The Morgan fingerprint density at radius 1 is 1.69 bits per heavy atom. The fourth-order valence-corrected chi connectivity index (χ4v) is 1.54. The van der Waals surface area contributed by atoms with Crippen LogP contribution in [0.4, 0.5) is 0 Å². The highest BCUT2D eigenvalue weighted by molar-refractivity contribution is 7.11. The molecule has 1 aromatic heterocycles. The standard InChI is InChI=1S/C9H14N2OS/c1-6(2)4-10-8(12)9-11-7(3)5-13-9/h5-6H,4H2,1-3H3,(H,10,12). The van der Waals surface area contributed by atoms with Crippen LogP contribution in [0.5, 0.6) is 0 Å². The molecule has 4 heteroatoms. The molecule has 0 bridgehead atoms. The predicted molar refractivity (Wildman–Crippen MR) is 54.0 cm³/mol. The van der Waals surface area contributed by atoms with Gasteiger partial charge in [0.1, 0.15) is 0 Å². The third-order valence-electron chi connectivity index (χ3n) is 1.48. The van der Waals surface area contributed by atoms with E-state index >= 15 is 0 Å². The largest absolute Gasteiger partial charge is 0.350 e. The van der Waals surface area contributed by atoms with E-state index in [1.54, 1.807) is 0 Å². The Bertz CT molecular complexity index is 294. The average molecular weight is 198 g/mol. The Kier molecular flexibility index (Phi) is 3.42. The smallest absolute Gasteiger partial charge is 0.280 e. The molecule has 0 aliphatic carbocycles. The highest BCUT2D eigenvalue weighted by atomic mass is 32.1. The maximum atomic E-state index is 11.4. The predicted octanol–water partition coefficient (Wildman–Crippen LogP) is 1.84. The van der Waals surface area contributed by atoms with E-state index in [0.29, 0.717) is 17.5 Å². The molecule has 0 aromatic carbocycles. The number of carbonyl (C=O) groups is 1. The van der Waals surface area contributed by atoms with Gasteiger partial charge in [0.15, 0.2) is 5.01 Å². The Morgan fingerprint density at radius 2 is 2.38 bits per heavy atom. The minimum atomic E-state index is -0.0631. The van der Waals surface area contributed by atoms with Gasteiger partial charge >= 0.3 is 0 Å². The van der Waals surface area contributed by atoms with Gasteiger partial charge in [-0.1, -0.05) is 13.8 Å². The summed E-state index contributed by atoms with van der Waals surface area (Å²) in [5.41, 5.74) is 0.902. The summed E-state index contributed by atoms with van der Waals surface area (Å²) in [5, 5.41) is 5.25. The molecule has 0 atom stereocenters. The van der Waals surface area contributed by atoms with Gasteiger partial charge in [0.2, 0.25) is 0 Å². The van der Waals surface area contributed by atoms with Gasteiger partial charge < -0.3 is 5.32 Å². The fourth-order valence-electron chi connectivity index (χ4n) is 0.831. The van der Waals surface area contributed by atoms with Crippen LogP contribution in [-0.2, 0) is 0 Å². The van der Waals surface area contributed by atoms with Crippen LogP contribution in [0.1, 0.15) is 29.3 Å². The van der Waals surface area contributed by atoms with Crippen molar-refractivity contribution in [1.29, 1.82) is 0 Å². The monoisotopic (exact) mass is 198 g/mol. The van der Waals surface area contributed by atoms with Crippen LogP contribution >= 0.6 is 11.3 Å². The summed E-state index contributed by atoms with van der Waals surface area (Å²) in [7, 11) is 0. The zero-order chi connectivity index (χ0) is 9.84. The van der Waals surface area contributed by atoms with Gasteiger partial charge in [-0.25, -0.2) is 4.98 Å². The Morgan fingerprint density at radius 3 is 2.85 bits per heavy atom. The van der Waals surface area contributed by atoms with Crippen molar-refractivity contribution >= 4 is 17.2 Å². The molecule has 0 radical (unpaired) electrons. The summed E-state index contributed by atoms with van der Waals surface area (Å²) >= 11 is 1.39. The Balaban J connectivity index is 2.49. The van der Waals surface area contributed by atoms with E-state index in [-0.39, 0.29) is 5.91 Å². The summed E-state index contributed by atoms with van der Waals surface area (Å²) in [6.45, 7) is 6.72. The van der Waals surface area contributed by atoms with Crippen molar-refractivity contribution in [3.63, 3.8) is 0 Å². The molecular formula is C9H14N2OS. The zero-order valence-electron chi connectivity index (χ0n) is 8.13. The first kappa shape index (κ1) is 10.2. The van der Waals surface area contributed by atoms with E-state index in [2.05, 4.69) is 24.1 Å². The van der Waals surface area contributed by atoms with E-state index in [0.717, 1.165) is 5.69 Å². The summed E-state index contributed by atoms with van der Waals surface area (Å²) in [6, 6.07) is 0. The van der Waals surface area contributed by atoms with Gasteiger partial charge in [0, 0.05) is 17.6 Å². The summed E-state index contributed by atoms with van der Waals surface area (Å²) in [4.78, 5) is 15.5. The molecule has 0 unspecified atom stereocenters. The van der Waals surface area contributed by atoms with E-state index in [4.69, 9.17) is 0 Å². The quantitative estimate of drug-likeness (QED) is 0.805. The maximum Gasteiger partial charge on any atom is 0.280 e. The van der Waals surface area contributed by atoms with Crippen molar-refractivity contribution in [3.8, 4) is 0 Å². The van der Waals surface area contributed by atoms with Crippen molar-refractivity contribution in [2.45, 2.75) is 20.8 Å². The third kappa shape index (κ3) is 3.14. The van der Waals surface area contributed by atoms with Crippen LogP contribution in [0.25, 0.3) is 0 Å². The molecule has 1 amide bonds. The van der Waals surface area contributed by atoms with Crippen LogP contribution in [0.15, 0.2) is 5.38 Å². The minimum Gasteiger partial charge on any atom is -0.350 e. The van der Waals surface area contributed by atoms with Gasteiger partial charge in [0.05, 0.1) is 0 Å². The maximum absolute atomic E-state index is 11.4. The third-order valence-corrected chi connectivity index (χ3v) is 2.44. The number of rotatable bonds is 3.